The molecule has 9 nitrogen and oxygen atoms in total. The van der Waals surface area contributed by atoms with Gasteiger partial charge in [0.15, 0.2) is 11.0 Å². The number of hydrogen-bond acceptors (Lipinski definition) is 7. The summed E-state index contributed by atoms with van der Waals surface area (Å²) in [5.74, 6) is 0.568. The average molecular weight is 475 g/mol. The van der Waals surface area contributed by atoms with Crippen LogP contribution in [0.1, 0.15) is 11.4 Å². The molecule has 0 unspecified atom stereocenters. The second kappa shape index (κ2) is 10.6. The topological polar surface area (TPSA) is 115 Å². The van der Waals surface area contributed by atoms with E-state index >= 15 is 0 Å². The Morgan fingerprint density at radius 2 is 1.65 bits per heavy atom. The van der Waals surface area contributed by atoms with E-state index in [-0.39, 0.29) is 17.3 Å². The van der Waals surface area contributed by atoms with Crippen molar-refractivity contribution in [1.29, 1.82) is 0 Å². The highest BCUT2D eigenvalue weighted by Crippen LogP contribution is 2.23. The first-order valence-electron chi connectivity index (χ1n) is 10.5. The lowest BCUT2D eigenvalue weighted by Gasteiger charge is -2.11. The predicted octanol–water partition coefficient (Wildman–Crippen LogP) is 4.83. The zero-order valence-electron chi connectivity index (χ0n) is 18.3. The minimum atomic E-state index is -0.483. The summed E-state index contributed by atoms with van der Waals surface area (Å²) in [5, 5.41) is 26.1. The summed E-state index contributed by atoms with van der Waals surface area (Å²) in [7, 11) is 0. The summed E-state index contributed by atoms with van der Waals surface area (Å²) in [6.07, 6.45) is 0. The summed E-state index contributed by atoms with van der Waals surface area (Å²) >= 11 is 1.26. The first kappa shape index (κ1) is 23.0. The Hall–Kier alpha value is -4.18. The molecule has 2 N–H and O–H groups in total. The Balaban J connectivity index is 1.45. The minimum Gasteiger partial charge on any atom is -0.378 e. The molecule has 1 heterocycles. The molecule has 4 rings (SSSR count). The molecule has 0 fully saturated rings. The van der Waals surface area contributed by atoms with Gasteiger partial charge in [0.25, 0.3) is 5.69 Å². The standard InChI is InChI=1S/C24H22N6O3S/c1-17-7-9-18(10-8-17)25-15-22-27-28-24(29(22)20-5-3-2-4-6-20)34-16-23(31)26-19-11-13-21(14-12-19)30(32)33/h2-14,25H,15-16H2,1H3,(H,26,31). The Kier molecular flexibility index (Phi) is 7.19. The second-order valence-electron chi connectivity index (χ2n) is 7.43. The zero-order chi connectivity index (χ0) is 23.9. The number of benzene rings is 3. The van der Waals surface area contributed by atoms with Crippen molar-refractivity contribution >= 4 is 34.7 Å². The van der Waals surface area contributed by atoms with Crippen molar-refractivity contribution < 1.29 is 9.72 Å². The van der Waals surface area contributed by atoms with Gasteiger partial charge in [0.1, 0.15) is 0 Å². The lowest BCUT2D eigenvalue weighted by Crippen LogP contribution is -2.15. The molecule has 1 aromatic heterocycles. The molecule has 0 bridgehead atoms. The third-order valence-electron chi connectivity index (χ3n) is 4.91. The van der Waals surface area contributed by atoms with Gasteiger partial charge in [-0.3, -0.25) is 19.5 Å². The van der Waals surface area contributed by atoms with Gasteiger partial charge in [0.05, 0.1) is 17.2 Å². The smallest absolute Gasteiger partial charge is 0.269 e. The molecule has 3 aromatic carbocycles. The summed E-state index contributed by atoms with van der Waals surface area (Å²) in [6.45, 7) is 2.50. The lowest BCUT2D eigenvalue weighted by molar-refractivity contribution is -0.384. The highest BCUT2D eigenvalue weighted by atomic mass is 32.2. The van der Waals surface area contributed by atoms with Crippen LogP contribution in [0, 0.1) is 17.0 Å². The van der Waals surface area contributed by atoms with Crippen molar-refractivity contribution in [2.45, 2.75) is 18.6 Å². The van der Waals surface area contributed by atoms with E-state index in [2.05, 4.69) is 20.8 Å². The number of carbonyl (C=O) groups excluding carboxylic acids is 1. The fraction of sp³-hybridized carbons (Fsp3) is 0.125. The molecule has 1 amide bonds. The molecule has 0 aliphatic rings. The number of para-hydroxylation sites is 1. The van der Waals surface area contributed by atoms with Crippen molar-refractivity contribution in [2.24, 2.45) is 0 Å². The SMILES string of the molecule is Cc1ccc(NCc2nnc(SCC(=O)Nc3ccc([N+](=O)[O-])cc3)n2-c2ccccc2)cc1. The average Bonchev–Trinajstić information content (AvgIpc) is 3.26. The number of anilines is 2. The van der Waals surface area contributed by atoms with E-state index in [0.29, 0.717) is 23.2 Å². The van der Waals surface area contributed by atoms with Crippen molar-refractivity contribution in [1.82, 2.24) is 14.8 Å². The van der Waals surface area contributed by atoms with Crippen LogP contribution in [0.4, 0.5) is 17.1 Å². The second-order valence-corrected chi connectivity index (χ2v) is 8.37. The van der Waals surface area contributed by atoms with Crippen LogP contribution in [0.25, 0.3) is 5.69 Å². The van der Waals surface area contributed by atoms with E-state index in [9.17, 15) is 14.9 Å². The molecule has 172 valence electrons. The molecule has 34 heavy (non-hydrogen) atoms. The van der Waals surface area contributed by atoms with E-state index < -0.39 is 4.92 Å². The fourth-order valence-corrected chi connectivity index (χ4v) is 3.96. The van der Waals surface area contributed by atoms with Gasteiger partial charge in [-0.05, 0) is 43.3 Å². The van der Waals surface area contributed by atoms with E-state index in [4.69, 9.17) is 0 Å². The zero-order valence-corrected chi connectivity index (χ0v) is 19.2. The first-order chi connectivity index (χ1) is 16.5. The number of aromatic nitrogens is 3. The summed E-state index contributed by atoms with van der Waals surface area (Å²) in [5.41, 5.74) is 3.51. The Bertz CT molecular complexity index is 1270. The number of hydrogen-bond donors (Lipinski definition) is 2. The van der Waals surface area contributed by atoms with E-state index in [0.717, 1.165) is 11.4 Å². The van der Waals surface area contributed by atoms with Crippen molar-refractivity contribution in [3.8, 4) is 5.69 Å². The van der Waals surface area contributed by atoms with Crippen LogP contribution in [0.5, 0.6) is 0 Å². The normalized spacial score (nSPS) is 10.6. The van der Waals surface area contributed by atoms with Gasteiger partial charge in [0.2, 0.25) is 5.91 Å². The number of rotatable bonds is 9. The van der Waals surface area contributed by atoms with E-state index in [1.54, 1.807) is 0 Å². The van der Waals surface area contributed by atoms with Gasteiger partial charge in [-0.1, -0.05) is 47.7 Å². The predicted molar refractivity (Wildman–Crippen MR) is 132 cm³/mol. The minimum absolute atomic E-state index is 0.0323. The molecule has 4 aromatic rings. The number of amides is 1. The number of nitrogens with one attached hydrogen (secondary N) is 2. The first-order valence-corrected chi connectivity index (χ1v) is 11.5. The van der Waals surface area contributed by atoms with Crippen LogP contribution in [0.15, 0.2) is 84.0 Å². The van der Waals surface area contributed by atoms with Gasteiger partial charge < -0.3 is 10.6 Å². The molecule has 0 radical (unpaired) electrons. The maximum absolute atomic E-state index is 12.5. The Labute approximate surface area is 200 Å². The largest absolute Gasteiger partial charge is 0.378 e. The van der Waals surface area contributed by atoms with Crippen LogP contribution in [-0.4, -0.2) is 31.3 Å². The van der Waals surface area contributed by atoms with Crippen molar-refractivity contribution in [3.63, 3.8) is 0 Å². The number of nitro groups is 1. The Morgan fingerprint density at radius 1 is 0.971 bits per heavy atom. The molecule has 0 aliphatic carbocycles. The molecular formula is C24H22N6O3S. The molecule has 0 saturated heterocycles. The van der Waals surface area contributed by atoms with Crippen LogP contribution in [-0.2, 0) is 11.3 Å². The van der Waals surface area contributed by atoms with Crippen molar-refractivity contribution in [2.75, 3.05) is 16.4 Å². The number of nitro benzene ring substituents is 1. The number of nitrogens with zero attached hydrogens (tertiary/aromatic N) is 4. The molecule has 0 spiro atoms. The summed E-state index contributed by atoms with van der Waals surface area (Å²) < 4.78 is 1.92. The van der Waals surface area contributed by atoms with E-state index in [1.807, 2.05) is 66.1 Å². The summed E-state index contributed by atoms with van der Waals surface area (Å²) in [6, 6.07) is 23.5. The summed E-state index contributed by atoms with van der Waals surface area (Å²) in [4.78, 5) is 22.8. The monoisotopic (exact) mass is 474 g/mol. The van der Waals surface area contributed by atoms with Gasteiger partial charge in [-0.25, -0.2) is 0 Å². The van der Waals surface area contributed by atoms with Crippen molar-refractivity contribution in [3.05, 3.63) is 100 Å². The molecule has 0 saturated carbocycles. The fourth-order valence-electron chi connectivity index (χ4n) is 3.19. The number of aryl methyl sites for hydroxylation is 1. The van der Waals surface area contributed by atoms with Gasteiger partial charge in [-0.2, -0.15) is 0 Å². The van der Waals surface area contributed by atoms with Crippen LogP contribution in [0.3, 0.4) is 0 Å². The highest BCUT2D eigenvalue weighted by molar-refractivity contribution is 7.99. The van der Waals surface area contributed by atoms with Gasteiger partial charge >= 0.3 is 0 Å². The third kappa shape index (κ3) is 5.78. The molecule has 0 aliphatic heterocycles. The number of non-ortho nitro benzene ring substituents is 1. The maximum Gasteiger partial charge on any atom is 0.269 e. The van der Waals surface area contributed by atoms with Crippen LogP contribution in [0.2, 0.25) is 0 Å². The lowest BCUT2D eigenvalue weighted by atomic mass is 10.2. The maximum atomic E-state index is 12.5. The van der Waals surface area contributed by atoms with Crippen LogP contribution >= 0.6 is 11.8 Å². The number of carbonyl (C=O) groups is 1. The third-order valence-corrected chi connectivity index (χ3v) is 5.84. The molecular weight excluding hydrogens is 452 g/mol. The van der Waals surface area contributed by atoms with E-state index in [1.165, 1.54) is 41.6 Å². The molecule has 0 atom stereocenters. The Morgan fingerprint density at radius 3 is 2.32 bits per heavy atom. The van der Waals surface area contributed by atoms with Gasteiger partial charge in [0, 0.05) is 29.2 Å². The van der Waals surface area contributed by atoms with Gasteiger partial charge in [-0.15, -0.1) is 10.2 Å². The van der Waals surface area contributed by atoms with Crippen LogP contribution < -0.4 is 10.6 Å². The quantitative estimate of drug-likeness (QED) is 0.203. The highest BCUT2D eigenvalue weighted by Gasteiger charge is 2.16. The number of thioether (sulfide) groups is 1. The molecule has 10 heteroatoms.